The van der Waals surface area contributed by atoms with Crippen molar-refractivity contribution in [3.05, 3.63) is 28.2 Å². The number of benzene rings is 1. The van der Waals surface area contributed by atoms with Gasteiger partial charge in [-0.15, -0.1) is 12.4 Å². The number of amides is 2. The molecule has 0 spiro atoms. The molecular weight excluding hydrogens is 385 g/mol. The van der Waals surface area contributed by atoms with Gasteiger partial charge in [0.1, 0.15) is 5.92 Å². The summed E-state index contributed by atoms with van der Waals surface area (Å²) in [4.78, 5) is 26.6. The van der Waals surface area contributed by atoms with E-state index in [2.05, 4.69) is 19.2 Å². The van der Waals surface area contributed by atoms with Crippen LogP contribution in [-0.2, 0) is 9.59 Å². The van der Waals surface area contributed by atoms with Crippen LogP contribution in [0.3, 0.4) is 0 Å². The van der Waals surface area contributed by atoms with Crippen molar-refractivity contribution < 1.29 is 9.59 Å². The molecule has 0 radical (unpaired) electrons. The summed E-state index contributed by atoms with van der Waals surface area (Å²) in [6.07, 6.45) is 1.27. The Hall–Kier alpha value is -1.01. The molecule has 1 fully saturated rings. The largest absolute Gasteiger partial charge is 0.351 e. The zero-order valence-corrected chi connectivity index (χ0v) is 16.6. The van der Waals surface area contributed by atoms with Crippen molar-refractivity contribution in [1.29, 1.82) is 0 Å². The number of nitrogens with one attached hydrogen (secondary N) is 1. The van der Waals surface area contributed by atoms with Gasteiger partial charge in [0.15, 0.2) is 0 Å². The van der Waals surface area contributed by atoms with Crippen LogP contribution in [0.4, 0.5) is 5.69 Å². The van der Waals surface area contributed by atoms with Crippen LogP contribution >= 0.6 is 35.6 Å². The fraction of sp³-hybridized carbons (Fsp3) is 0.529. The van der Waals surface area contributed by atoms with Crippen LogP contribution in [-0.4, -0.2) is 30.9 Å². The Bertz CT molecular complexity index is 625. The molecule has 0 aliphatic carbocycles. The number of anilines is 1. The van der Waals surface area contributed by atoms with E-state index in [0.29, 0.717) is 41.2 Å². The summed E-state index contributed by atoms with van der Waals surface area (Å²) in [6.45, 7) is 4.98. The second-order valence-corrected chi connectivity index (χ2v) is 7.31. The number of nitrogens with two attached hydrogens (primary N) is 1. The number of nitrogens with zero attached hydrogens (tertiary/aromatic N) is 1. The lowest BCUT2D eigenvalue weighted by Gasteiger charge is -2.21. The molecule has 1 heterocycles. The van der Waals surface area contributed by atoms with Gasteiger partial charge in [-0.1, -0.05) is 37.0 Å². The number of carbonyl (C=O) groups excluding carboxylic acids is 2. The summed E-state index contributed by atoms with van der Waals surface area (Å²) in [5.41, 5.74) is 6.37. The molecule has 2 amide bonds. The molecule has 1 aromatic rings. The quantitative estimate of drug-likeness (QED) is 0.709. The van der Waals surface area contributed by atoms with E-state index in [0.717, 1.165) is 6.42 Å². The van der Waals surface area contributed by atoms with Gasteiger partial charge in [0.2, 0.25) is 11.8 Å². The molecule has 2 rings (SSSR count). The van der Waals surface area contributed by atoms with E-state index in [1.54, 1.807) is 23.1 Å². The normalized spacial score (nSPS) is 18.2. The molecule has 140 valence electrons. The average molecular weight is 409 g/mol. The summed E-state index contributed by atoms with van der Waals surface area (Å²) >= 11 is 11.9. The van der Waals surface area contributed by atoms with Crippen LogP contribution < -0.4 is 16.0 Å². The SMILES string of the molecule is CC(C)CC(CN)NC(=O)C1CCN(c2ccc(Cl)c(Cl)c2)C1=O.Cl. The smallest absolute Gasteiger partial charge is 0.239 e. The number of hydrogen-bond acceptors (Lipinski definition) is 3. The summed E-state index contributed by atoms with van der Waals surface area (Å²) < 4.78 is 0. The molecular formula is C17H24Cl3N3O2. The number of hydrogen-bond donors (Lipinski definition) is 2. The monoisotopic (exact) mass is 407 g/mol. The molecule has 8 heteroatoms. The highest BCUT2D eigenvalue weighted by Gasteiger charge is 2.38. The predicted molar refractivity (Wildman–Crippen MR) is 105 cm³/mol. The molecule has 25 heavy (non-hydrogen) atoms. The third-order valence-electron chi connectivity index (χ3n) is 4.12. The first-order valence-electron chi connectivity index (χ1n) is 8.10. The third kappa shape index (κ3) is 5.48. The van der Waals surface area contributed by atoms with Crippen molar-refractivity contribution in [3.63, 3.8) is 0 Å². The number of carbonyl (C=O) groups is 2. The zero-order valence-electron chi connectivity index (χ0n) is 14.3. The molecule has 5 nitrogen and oxygen atoms in total. The Kier molecular flexibility index (Phi) is 8.48. The maximum Gasteiger partial charge on any atom is 0.239 e. The van der Waals surface area contributed by atoms with Gasteiger partial charge in [-0.3, -0.25) is 9.59 Å². The Morgan fingerprint density at radius 2 is 2.04 bits per heavy atom. The molecule has 1 saturated heterocycles. The number of rotatable bonds is 6. The standard InChI is InChI=1S/C17H23Cl2N3O2.ClH/c1-10(2)7-11(9-20)21-16(23)13-5-6-22(17(13)24)12-3-4-14(18)15(19)8-12;/h3-4,8,10-11,13H,5-7,9,20H2,1-2H3,(H,21,23);1H. The molecule has 1 aliphatic rings. The van der Waals surface area contributed by atoms with E-state index in [1.807, 2.05) is 0 Å². The molecule has 2 atom stereocenters. The highest BCUT2D eigenvalue weighted by molar-refractivity contribution is 6.42. The molecule has 2 unspecified atom stereocenters. The first kappa shape index (κ1) is 22.0. The summed E-state index contributed by atoms with van der Waals surface area (Å²) in [5.74, 6) is -0.726. The molecule has 1 aromatic carbocycles. The van der Waals surface area contributed by atoms with E-state index in [-0.39, 0.29) is 30.3 Å². The van der Waals surface area contributed by atoms with Gasteiger partial charge in [-0.2, -0.15) is 0 Å². The van der Waals surface area contributed by atoms with Crippen LogP contribution in [0, 0.1) is 11.8 Å². The van der Waals surface area contributed by atoms with E-state index < -0.39 is 5.92 Å². The zero-order chi connectivity index (χ0) is 17.9. The molecule has 3 N–H and O–H groups in total. The first-order chi connectivity index (χ1) is 11.3. The highest BCUT2D eigenvalue weighted by Crippen LogP contribution is 2.31. The van der Waals surface area contributed by atoms with Crippen molar-refractivity contribution in [2.75, 3.05) is 18.0 Å². The lowest BCUT2D eigenvalue weighted by Crippen LogP contribution is -2.45. The van der Waals surface area contributed by atoms with Crippen molar-refractivity contribution >= 4 is 53.1 Å². The lowest BCUT2D eigenvalue weighted by molar-refractivity contribution is -0.132. The van der Waals surface area contributed by atoms with Gasteiger partial charge in [0.05, 0.1) is 10.0 Å². The van der Waals surface area contributed by atoms with Gasteiger partial charge in [-0.25, -0.2) is 0 Å². The molecule has 0 saturated carbocycles. The summed E-state index contributed by atoms with van der Waals surface area (Å²) in [5, 5.41) is 3.72. The Balaban J connectivity index is 0.00000312. The van der Waals surface area contributed by atoms with Crippen LogP contribution in [0.1, 0.15) is 26.7 Å². The molecule has 1 aliphatic heterocycles. The van der Waals surface area contributed by atoms with Crippen molar-refractivity contribution in [3.8, 4) is 0 Å². The maximum atomic E-state index is 12.6. The van der Waals surface area contributed by atoms with Gasteiger partial charge < -0.3 is 16.0 Å². The van der Waals surface area contributed by atoms with Gasteiger partial charge in [0.25, 0.3) is 0 Å². The predicted octanol–water partition coefficient (Wildman–Crippen LogP) is 3.26. The second-order valence-electron chi connectivity index (χ2n) is 6.50. The maximum absolute atomic E-state index is 12.6. The summed E-state index contributed by atoms with van der Waals surface area (Å²) in [7, 11) is 0. The minimum atomic E-state index is -0.680. The number of halogens is 3. The minimum Gasteiger partial charge on any atom is -0.351 e. The fourth-order valence-electron chi connectivity index (χ4n) is 2.92. The van der Waals surface area contributed by atoms with Crippen LogP contribution in [0.2, 0.25) is 10.0 Å². The van der Waals surface area contributed by atoms with E-state index >= 15 is 0 Å². The summed E-state index contributed by atoms with van der Waals surface area (Å²) in [6, 6.07) is 4.91. The first-order valence-corrected chi connectivity index (χ1v) is 8.86. The molecule has 0 bridgehead atoms. The van der Waals surface area contributed by atoms with Crippen molar-refractivity contribution in [1.82, 2.24) is 5.32 Å². The van der Waals surface area contributed by atoms with Gasteiger partial charge in [0, 0.05) is 24.8 Å². The van der Waals surface area contributed by atoms with Gasteiger partial charge in [-0.05, 0) is 37.0 Å². The Morgan fingerprint density at radius 1 is 1.36 bits per heavy atom. The third-order valence-corrected chi connectivity index (χ3v) is 4.86. The average Bonchev–Trinajstić information content (AvgIpc) is 2.90. The minimum absolute atomic E-state index is 0. The lowest BCUT2D eigenvalue weighted by atomic mass is 10.0. The Labute approximate surface area is 164 Å². The highest BCUT2D eigenvalue weighted by atomic mass is 35.5. The Morgan fingerprint density at radius 3 is 2.60 bits per heavy atom. The van der Waals surface area contributed by atoms with Crippen molar-refractivity contribution in [2.24, 2.45) is 17.6 Å². The van der Waals surface area contributed by atoms with E-state index in [4.69, 9.17) is 28.9 Å². The molecule has 0 aromatic heterocycles. The van der Waals surface area contributed by atoms with Gasteiger partial charge >= 0.3 is 0 Å². The van der Waals surface area contributed by atoms with E-state index in [1.165, 1.54) is 0 Å². The van der Waals surface area contributed by atoms with Crippen molar-refractivity contribution in [2.45, 2.75) is 32.7 Å². The van der Waals surface area contributed by atoms with Crippen LogP contribution in [0.25, 0.3) is 0 Å². The van der Waals surface area contributed by atoms with Crippen LogP contribution in [0.15, 0.2) is 18.2 Å². The topological polar surface area (TPSA) is 75.4 Å². The van der Waals surface area contributed by atoms with Crippen LogP contribution in [0.5, 0.6) is 0 Å². The fourth-order valence-corrected chi connectivity index (χ4v) is 3.21. The second kappa shape index (κ2) is 9.62. The van der Waals surface area contributed by atoms with E-state index in [9.17, 15) is 9.59 Å².